The average Bonchev–Trinajstić information content (AvgIpc) is 3.90. The summed E-state index contributed by atoms with van der Waals surface area (Å²) in [5.74, 6) is 2.42. The van der Waals surface area contributed by atoms with E-state index in [9.17, 15) is 0 Å². The van der Waals surface area contributed by atoms with E-state index >= 15 is 0 Å². The lowest BCUT2D eigenvalue weighted by molar-refractivity contribution is 0.352. The van der Waals surface area contributed by atoms with E-state index in [1.807, 2.05) is 55.4 Å². The molecule has 0 heteroatoms. The first-order chi connectivity index (χ1) is 26.6. The molecule has 4 aliphatic rings. The van der Waals surface area contributed by atoms with E-state index in [4.69, 9.17) is 0 Å². The summed E-state index contributed by atoms with van der Waals surface area (Å²) in [5, 5.41) is 0. The fraction of sp³-hybridized carbons (Fsp3) is 0.564. The van der Waals surface area contributed by atoms with Crippen LogP contribution in [0.1, 0.15) is 237 Å². The van der Waals surface area contributed by atoms with E-state index in [0.29, 0.717) is 34.5 Å². The molecule has 4 aromatic rings. The van der Waals surface area contributed by atoms with Crippen LogP contribution in [0.4, 0.5) is 0 Å². The van der Waals surface area contributed by atoms with Crippen molar-refractivity contribution in [1.82, 2.24) is 0 Å². The fourth-order valence-electron chi connectivity index (χ4n) is 9.71. The van der Waals surface area contributed by atoms with Crippen LogP contribution in [0.5, 0.6) is 0 Å². The Hall–Kier alpha value is -3.12. The molecule has 0 saturated heterocycles. The smallest absolute Gasteiger partial charge is 0.0215 e. The first-order valence-corrected chi connectivity index (χ1v) is 23.1. The third-order valence-corrected chi connectivity index (χ3v) is 12.6. The maximum atomic E-state index is 2.54. The first-order valence-electron chi connectivity index (χ1n) is 23.1. The molecule has 0 aromatic heterocycles. The normalized spacial score (nSPS) is 15.9. The summed E-state index contributed by atoms with van der Waals surface area (Å²) in [4.78, 5) is 0. The second kappa shape index (κ2) is 20.9. The van der Waals surface area contributed by atoms with Crippen molar-refractivity contribution in [1.29, 1.82) is 0 Å². The molecule has 2 spiro atoms. The highest BCUT2D eigenvalue weighted by Crippen LogP contribution is 2.58. The van der Waals surface area contributed by atoms with Gasteiger partial charge < -0.3 is 0 Å². The first kappa shape index (κ1) is 46.3. The van der Waals surface area contributed by atoms with Crippen molar-refractivity contribution in [2.75, 3.05) is 0 Å². The van der Waals surface area contributed by atoms with Crippen LogP contribution in [0.15, 0.2) is 72.8 Å². The van der Waals surface area contributed by atoms with E-state index < -0.39 is 0 Å². The highest BCUT2D eigenvalue weighted by atomic mass is 14.5. The topological polar surface area (TPSA) is 0 Å². The molecule has 0 heterocycles. The second-order valence-electron chi connectivity index (χ2n) is 16.8. The van der Waals surface area contributed by atoms with Crippen molar-refractivity contribution < 1.29 is 0 Å². The van der Waals surface area contributed by atoms with Crippen molar-refractivity contribution in [2.24, 2.45) is 0 Å². The van der Waals surface area contributed by atoms with Gasteiger partial charge in [-0.15, -0.1) is 0 Å². The van der Waals surface area contributed by atoms with Crippen LogP contribution in [-0.2, 0) is 10.8 Å². The average molecular weight is 743 g/mol. The molecular formula is C55H82. The van der Waals surface area contributed by atoms with Crippen LogP contribution < -0.4 is 0 Å². The van der Waals surface area contributed by atoms with Gasteiger partial charge in [-0.05, 0) is 116 Å². The molecule has 2 fully saturated rings. The van der Waals surface area contributed by atoms with Gasteiger partial charge in [0.2, 0.25) is 0 Å². The molecular weight excluding hydrogens is 661 g/mol. The van der Waals surface area contributed by atoms with Gasteiger partial charge >= 0.3 is 0 Å². The second-order valence-corrected chi connectivity index (χ2v) is 16.8. The Morgan fingerprint density at radius 3 is 0.709 bits per heavy atom. The summed E-state index contributed by atoms with van der Waals surface area (Å²) < 4.78 is 0. The number of hydrogen-bond acceptors (Lipinski definition) is 0. The number of benzene rings is 4. The molecule has 0 atom stereocenters. The van der Waals surface area contributed by atoms with Crippen LogP contribution in [0, 0.1) is 0 Å². The van der Waals surface area contributed by atoms with Crippen molar-refractivity contribution in [3.63, 3.8) is 0 Å². The Kier molecular flexibility index (Phi) is 17.6. The summed E-state index contributed by atoms with van der Waals surface area (Å²) in [6, 6.07) is 29.1. The third-order valence-electron chi connectivity index (χ3n) is 12.6. The molecule has 302 valence electrons. The van der Waals surface area contributed by atoms with Gasteiger partial charge in [-0.2, -0.15) is 0 Å². The molecule has 0 amide bonds. The zero-order valence-corrected chi connectivity index (χ0v) is 38.6. The van der Waals surface area contributed by atoms with Crippen LogP contribution in [0.2, 0.25) is 0 Å². The largest absolute Gasteiger partial charge is 0.0683 e. The predicted molar refractivity (Wildman–Crippen MR) is 249 cm³/mol. The molecule has 0 nitrogen and oxygen atoms in total. The quantitative estimate of drug-likeness (QED) is 0.195. The standard InChI is InChI=1S/C24H30.C23H28.4C2H6/c1-16(2)18-8-10-20-21-11-9-19(17(3)4)15-23(21)24(22(20)14-18)12-6-5-7-13-24;1-15(2)17-7-9-19-20-10-8-18(16(3)4)14-22(20)23(21(19)13-17)11-5-6-12-23;4*1-2/h8-11,14-17H,5-7,12-13H2,1-4H3;7-10,13-16H,5-6,11-12H2,1-4H3;4*1-2H3. The van der Waals surface area contributed by atoms with Crippen LogP contribution in [-0.4, -0.2) is 0 Å². The molecule has 4 aliphatic carbocycles. The van der Waals surface area contributed by atoms with Gasteiger partial charge in [0, 0.05) is 10.8 Å². The lowest BCUT2D eigenvalue weighted by atomic mass is 9.67. The van der Waals surface area contributed by atoms with Gasteiger partial charge in [-0.25, -0.2) is 0 Å². The minimum Gasteiger partial charge on any atom is -0.0683 e. The lowest BCUT2D eigenvalue weighted by Crippen LogP contribution is -2.28. The molecule has 4 aromatic carbocycles. The van der Waals surface area contributed by atoms with Crippen molar-refractivity contribution in [2.45, 2.75) is 203 Å². The number of rotatable bonds is 4. The Morgan fingerprint density at radius 1 is 0.309 bits per heavy atom. The zero-order valence-electron chi connectivity index (χ0n) is 38.6. The Balaban J connectivity index is 0.000000251. The zero-order chi connectivity index (χ0) is 41.1. The summed E-state index contributed by atoms with van der Waals surface area (Å²) >= 11 is 0. The van der Waals surface area contributed by atoms with Gasteiger partial charge in [0.05, 0.1) is 0 Å². The van der Waals surface area contributed by atoms with E-state index in [1.165, 1.54) is 102 Å². The van der Waals surface area contributed by atoms with Crippen LogP contribution >= 0.6 is 0 Å². The van der Waals surface area contributed by atoms with E-state index in [2.05, 4.69) is 128 Å². The van der Waals surface area contributed by atoms with Crippen molar-refractivity contribution in [3.8, 4) is 22.3 Å². The molecule has 0 radical (unpaired) electrons. The summed E-state index contributed by atoms with van der Waals surface area (Å²) in [6.45, 7) is 34.5. The fourth-order valence-corrected chi connectivity index (χ4v) is 9.71. The highest BCUT2D eigenvalue weighted by Gasteiger charge is 2.46. The van der Waals surface area contributed by atoms with Crippen LogP contribution in [0.25, 0.3) is 22.3 Å². The van der Waals surface area contributed by atoms with Gasteiger partial charge in [0.25, 0.3) is 0 Å². The van der Waals surface area contributed by atoms with E-state index in [-0.39, 0.29) is 0 Å². The third kappa shape index (κ3) is 9.05. The monoisotopic (exact) mass is 743 g/mol. The Morgan fingerprint density at radius 2 is 0.509 bits per heavy atom. The van der Waals surface area contributed by atoms with Crippen molar-refractivity contribution in [3.05, 3.63) is 117 Å². The SMILES string of the molecule is CC.CC.CC.CC.CC(C)c1ccc2c(c1)C1(CCCC1)c1cc(C(C)C)ccc1-2.CC(C)c1ccc2c(c1)C1(CCCCC1)c1cc(C(C)C)ccc1-2. The summed E-state index contributed by atoms with van der Waals surface area (Å²) in [5.41, 5.74) is 19.1. The maximum Gasteiger partial charge on any atom is 0.0215 e. The summed E-state index contributed by atoms with van der Waals surface area (Å²) in [6.07, 6.45) is 12.2. The van der Waals surface area contributed by atoms with Gasteiger partial charge in [0.15, 0.2) is 0 Å². The molecule has 0 N–H and O–H groups in total. The highest BCUT2D eigenvalue weighted by molar-refractivity contribution is 5.83. The van der Waals surface area contributed by atoms with Crippen molar-refractivity contribution >= 4 is 0 Å². The summed E-state index contributed by atoms with van der Waals surface area (Å²) in [7, 11) is 0. The minimum atomic E-state index is 0.290. The van der Waals surface area contributed by atoms with Gasteiger partial charge in [-0.1, -0.05) is 216 Å². The molecule has 0 unspecified atom stereocenters. The number of hydrogen-bond donors (Lipinski definition) is 0. The van der Waals surface area contributed by atoms with Crippen LogP contribution in [0.3, 0.4) is 0 Å². The number of fused-ring (bicyclic) bond motifs is 10. The van der Waals surface area contributed by atoms with E-state index in [1.54, 1.807) is 22.3 Å². The molecule has 55 heavy (non-hydrogen) atoms. The molecule has 0 bridgehead atoms. The van der Waals surface area contributed by atoms with E-state index in [0.717, 1.165) is 0 Å². The molecule has 8 rings (SSSR count). The Bertz CT molecular complexity index is 1650. The molecule has 0 aliphatic heterocycles. The predicted octanol–water partition coefficient (Wildman–Crippen LogP) is 18.0. The van der Waals surface area contributed by atoms with Gasteiger partial charge in [0.1, 0.15) is 0 Å². The Labute approximate surface area is 341 Å². The lowest BCUT2D eigenvalue weighted by Gasteiger charge is -2.36. The molecule has 2 saturated carbocycles. The minimum absolute atomic E-state index is 0.290. The van der Waals surface area contributed by atoms with Gasteiger partial charge in [-0.3, -0.25) is 0 Å². The maximum absolute atomic E-state index is 2.54.